The van der Waals surface area contributed by atoms with Crippen molar-refractivity contribution in [3.05, 3.63) is 35.9 Å². The molecule has 1 N–H and O–H groups in total. The van der Waals surface area contributed by atoms with Crippen LogP contribution in [-0.4, -0.2) is 59.2 Å². The van der Waals surface area contributed by atoms with Crippen molar-refractivity contribution in [3.63, 3.8) is 0 Å². The van der Waals surface area contributed by atoms with Gasteiger partial charge in [-0.2, -0.15) is 0 Å². The Morgan fingerprint density at radius 3 is 2.65 bits per heavy atom. The summed E-state index contributed by atoms with van der Waals surface area (Å²) < 4.78 is 0. The van der Waals surface area contributed by atoms with E-state index in [1.54, 1.807) is 21.9 Å². The van der Waals surface area contributed by atoms with E-state index in [0.29, 0.717) is 25.1 Å². The molecule has 3 rings (SSSR count). The average Bonchev–Trinajstić information content (AvgIpc) is 2.59. The minimum absolute atomic E-state index is 0.0248. The summed E-state index contributed by atoms with van der Waals surface area (Å²) in [6.45, 7) is 3.12. The summed E-state index contributed by atoms with van der Waals surface area (Å²) in [5, 5.41) is 2.80. The molecule has 1 aromatic rings. The highest BCUT2D eigenvalue weighted by molar-refractivity contribution is 5.99. The number of amides is 3. The molecular formula is C17H21N3O3. The highest BCUT2D eigenvalue weighted by Gasteiger charge is 2.43. The highest BCUT2D eigenvalue weighted by Crippen LogP contribution is 2.19. The fourth-order valence-corrected chi connectivity index (χ4v) is 3.23. The standard InChI is InChI=1S/C17H21N3O3/c1-2-6-13-17(23)20-10-9-19(11-14(20)15(21)18-13)16(22)12-7-4-3-5-8-12/h3-5,7-8,13-14H,2,6,9-11H2,1H3,(H,18,21)/t13-,14+/m0/s1. The number of carbonyl (C=O) groups is 3. The van der Waals surface area contributed by atoms with E-state index in [2.05, 4.69) is 5.32 Å². The Labute approximate surface area is 135 Å². The average molecular weight is 315 g/mol. The largest absolute Gasteiger partial charge is 0.342 e. The van der Waals surface area contributed by atoms with Crippen molar-refractivity contribution in [1.29, 1.82) is 0 Å². The van der Waals surface area contributed by atoms with Crippen molar-refractivity contribution in [1.82, 2.24) is 15.1 Å². The van der Waals surface area contributed by atoms with Crippen LogP contribution in [-0.2, 0) is 9.59 Å². The predicted octanol–water partition coefficient (Wildman–Crippen LogP) is 0.638. The van der Waals surface area contributed by atoms with Crippen LogP contribution in [0.3, 0.4) is 0 Å². The Kier molecular flexibility index (Phi) is 4.32. The summed E-state index contributed by atoms with van der Waals surface area (Å²) in [4.78, 5) is 40.6. The van der Waals surface area contributed by atoms with Crippen molar-refractivity contribution < 1.29 is 14.4 Å². The second kappa shape index (κ2) is 6.40. The predicted molar refractivity (Wildman–Crippen MR) is 84.7 cm³/mol. The Bertz CT molecular complexity index is 617. The van der Waals surface area contributed by atoms with Crippen molar-refractivity contribution >= 4 is 17.7 Å². The van der Waals surface area contributed by atoms with Gasteiger partial charge in [0.05, 0.1) is 6.54 Å². The van der Waals surface area contributed by atoms with Crippen LogP contribution in [0.2, 0.25) is 0 Å². The zero-order chi connectivity index (χ0) is 16.4. The van der Waals surface area contributed by atoms with E-state index < -0.39 is 12.1 Å². The molecule has 2 aliphatic heterocycles. The van der Waals surface area contributed by atoms with Gasteiger partial charge in [0.1, 0.15) is 12.1 Å². The van der Waals surface area contributed by atoms with Gasteiger partial charge in [-0.1, -0.05) is 31.5 Å². The van der Waals surface area contributed by atoms with Crippen LogP contribution >= 0.6 is 0 Å². The molecule has 2 aliphatic rings. The molecular weight excluding hydrogens is 294 g/mol. The normalized spacial score (nSPS) is 24.2. The Morgan fingerprint density at radius 1 is 1.22 bits per heavy atom. The van der Waals surface area contributed by atoms with Gasteiger partial charge in [0, 0.05) is 18.7 Å². The lowest BCUT2D eigenvalue weighted by atomic mass is 10.0. The molecule has 0 radical (unpaired) electrons. The van der Waals surface area contributed by atoms with E-state index in [4.69, 9.17) is 0 Å². The first-order valence-electron chi connectivity index (χ1n) is 8.07. The van der Waals surface area contributed by atoms with E-state index in [0.717, 1.165) is 6.42 Å². The van der Waals surface area contributed by atoms with Crippen molar-refractivity contribution in [2.45, 2.75) is 31.8 Å². The van der Waals surface area contributed by atoms with Crippen molar-refractivity contribution in [3.8, 4) is 0 Å². The molecule has 0 bridgehead atoms. The fraction of sp³-hybridized carbons (Fsp3) is 0.471. The summed E-state index contributed by atoms with van der Waals surface area (Å²) >= 11 is 0. The van der Waals surface area contributed by atoms with Crippen LogP contribution in [0.15, 0.2) is 30.3 Å². The molecule has 3 amide bonds. The SMILES string of the molecule is CCC[C@@H]1NC(=O)[C@H]2CN(C(=O)c3ccccc3)CCN2C1=O. The van der Waals surface area contributed by atoms with Crippen molar-refractivity contribution in [2.24, 2.45) is 0 Å². The zero-order valence-corrected chi connectivity index (χ0v) is 13.2. The van der Waals surface area contributed by atoms with Gasteiger partial charge in [0.15, 0.2) is 0 Å². The van der Waals surface area contributed by atoms with Gasteiger partial charge >= 0.3 is 0 Å². The Morgan fingerprint density at radius 2 is 1.96 bits per heavy atom. The first kappa shape index (κ1) is 15.5. The van der Waals surface area contributed by atoms with E-state index in [1.165, 1.54) is 0 Å². The number of hydrogen-bond donors (Lipinski definition) is 1. The molecule has 0 aliphatic carbocycles. The van der Waals surface area contributed by atoms with Crippen LogP contribution in [0.4, 0.5) is 0 Å². The minimum atomic E-state index is -0.572. The van der Waals surface area contributed by atoms with Gasteiger partial charge in [0.2, 0.25) is 11.8 Å². The maximum Gasteiger partial charge on any atom is 0.253 e. The minimum Gasteiger partial charge on any atom is -0.342 e. The number of fused-ring (bicyclic) bond motifs is 1. The molecule has 6 heteroatoms. The molecule has 0 unspecified atom stereocenters. The number of piperazine rings is 2. The van der Waals surface area contributed by atoms with Crippen LogP contribution in [0.1, 0.15) is 30.1 Å². The number of rotatable bonds is 3. The van der Waals surface area contributed by atoms with E-state index >= 15 is 0 Å². The van der Waals surface area contributed by atoms with Gasteiger partial charge in [-0.15, -0.1) is 0 Å². The molecule has 0 saturated carbocycles. The van der Waals surface area contributed by atoms with Gasteiger partial charge in [0.25, 0.3) is 5.91 Å². The fourth-order valence-electron chi connectivity index (χ4n) is 3.23. The maximum absolute atomic E-state index is 12.5. The Hall–Kier alpha value is -2.37. The van der Waals surface area contributed by atoms with E-state index in [9.17, 15) is 14.4 Å². The van der Waals surface area contributed by atoms with Crippen LogP contribution in [0.25, 0.3) is 0 Å². The van der Waals surface area contributed by atoms with Crippen molar-refractivity contribution in [2.75, 3.05) is 19.6 Å². The number of nitrogens with zero attached hydrogens (tertiary/aromatic N) is 2. The topological polar surface area (TPSA) is 69.7 Å². The third kappa shape index (κ3) is 2.93. The van der Waals surface area contributed by atoms with Crippen LogP contribution in [0, 0.1) is 0 Å². The third-order valence-electron chi connectivity index (χ3n) is 4.47. The molecule has 1 aromatic carbocycles. The molecule has 2 fully saturated rings. The summed E-state index contributed by atoms with van der Waals surface area (Å²) in [5.74, 6) is -0.280. The highest BCUT2D eigenvalue weighted by atomic mass is 16.2. The van der Waals surface area contributed by atoms with Crippen LogP contribution in [0.5, 0.6) is 0 Å². The summed E-state index contributed by atoms with van der Waals surface area (Å²) in [6.07, 6.45) is 1.49. The first-order valence-corrected chi connectivity index (χ1v) is 8.07. The van der Waals surface area contributed by atoms with Gasteiger partial charge in [-0.25, -0.2) is 0 Å². The second-order valence-corrected chi connectivity index (χ2v) is 6.01. The first-order chi connectivity index (χ1) is 11.1. The van der Waals surface area contributed by atoms with E-state index in [-0.39, 0.29) is 24.3 Å². The number of benzene rings is 1. The molecule has 122 valence electrons. The molecule has 0 spiro atoms. The molecule has 6 nitrogen and oxygen atoms in total. The smallest absolute Gasteiger partial charge is 0.253 e. The Balaban J connectivity index is 1.73. The lowest BCUT2D eigenvalue weighted by Crippen LogP contribution is -2.69. The molecule has 2 atom stereocenters. The molecule has 2 heterocycles. The lowest BCUT2D eigenvalue weighted by Gasteiger charge is -2.45. The summed E-state index contributed by atoms with van der Waals surface area (Å²) in [6, 6.07) is 8.02. The van der Waals surface area contributed by atoms with Gasteiger partial charge < -0.3 is 15.1 Å². The molecule has 0 aromatic heterocycles. The van der Waals surface area contributed by atoms with Gasteiger partial charge in [-0.05, 0) is 18.6 Å². The number of nitrogens with one attached hydrogen (secondary N) is 1. The second-order valence-electron chi connectivity index (χ2n) is 6.01. The monoisotopic (exact) mass is 315 g/mol. The molecule has 23 heavy (non-hydrogen) atoms. The van der Waals surface area contributed by atoms with Crippen LogP contribution < -0.4 is 5.32 Å². The van der Waals surface area contributed by atoms with Gasteiger partial charge in [-0.3, -0.25) is 14.4 Å². The quantitative estimate of drug-likeness (QED) is 0.890. The van der Waals surface area contributed by atoms with E-state index in [1.807, 2.05) is 25.1 Å². The third-order valence-corrected chi connectivity index (χ3v) is 4.47. The maximum atomic E-state index is 12.5. The molecule has 2 saturated heterocycles. The number of hydrogen-bond acceptors (Lipinski definition) is 3. The lowest BCUT2D eigenvalue weighted by molar-refractivity contribution is -0.152. The summed E-state index contributed by atoms with van der Waals surface area (Å²) in [5.41, 5.74) is 0.604. The zero-order valence-electron chi connectivity index (χ0n) is 13.2. The number of carbonyl (C=O) groups excluding carboxylic acids is 3. The summed E-state index contributed by atoms with van der Waals surface area (Å²) in [7, 11) is 0.